The molecule has 0 radical (unpaired) electrons. The SMILES string of the molecule is CCCCC(CC)CNCc1cc(F)cc(Cl)c1. The van der Waals surface area contributed by atoms with Gasteiger partial charge in [0, 0.05) is 11.6 Å². The Bertz CT molecular complexity index is 334. The van der Waals surface area contributed by atoms with Crippen LogP contribution in [0.4, 0.5) is 4.39 Å². The summed E-state index contributed by atoms with van der Waals surface area (Å²) in [5.41, 5.74) is 0.908. The van der Waals surface area contributed by atoms with Crippen molar-refractivity contribution in [2.45, 2.75) is 46.1 Å². The Kier molecular flexibility index (Phi) is 7.29. The van der Waals surface area contributed by atoms with Crippen LogP contribution in [0.25, 0.3) is 0 Å². The molecule has 1 aromatic carbocycles. The first-order valence-electron chi connectivity index (χ1n) is 6.81. The molecule has 1 unspecified atom stereocenters. The molecule has 1 aromatic rings. The van der Waals surface area contributed by atoms with Gasteiger partial charge in [0.15, 0.2) is 0 Å². The highest BCUT2D eigenvalue weighted by Gasteiger charge is 2.05. The molecule has 0 aromatic heterocycles. The van der Waals surface area contributed by atoms with Crippen LogP contribution in [-0.4, -0.2) is 6.54 Å². The van der Waals surface area contributed by atoms with Gasteiger partial charge in [-0.2, -0.15) is 0 Å². The summed E-state index contributed by atoms with van der Waals surface area (Å²) in [5, 5.41) is 3.85. The van der Waals surface area contributed by atoms with Crippen molar-refractivity contribution in [2.75, 3.05) is 6.54 Å². The monoisotopic (exact) mass is 271 g/mol. The minimum atomic E-state index is -0.266. The fourth-order valence-electron chi connectivity index (χ4n) is 2.08. The van der Waals surface area contributed by atoms with Gasteiger partial charge in [-0.3, -0.25) is 0 Å². The minimum Gasteiger partial charge on any atom is -0.312 e. The van der Waals surface area contributed by atoms with E-state index in [-0.39, 0.29) is 5.82 Å². The van der Waals surface area contributed by atoms with Gasteiger partial charge in [0.05, 0.1) is 0 Å². The Labute approximate surface area is 115 Å². The summed E-state index contributed by atoms with van der Waals surface area (Å²) in [4.78, 5) is 0. The fraction of sp³-hybridized carbons (Fsp3) is 0.600. The van der Waals surface area contributed by atoms with Crippen molar-refractivity contribution in [1.82, 2.24) is 5.32 Å². The van der Waals surface area contributed by atoms with Crippen LogP contribution >= 0.6 is 11.6 Å². The Morgan fingerprint density at radius 1 is 1.28 bits per heavy atom. The number of benzene rings is 1. The normalized spacial score (nSPS) is 12.7. The van der Waals surface area contributed by atoms with Gasteiger partial charge in [-0.1, -0.05) is 44.7 Å². The van der Waals surface area contributed by atoms with Crippen molar-refractivity contribution in [3.05, 3.63) is 34.6 Å². The topological polar surface area (TPSA) is 12.0 Å². The van der Waals surface area contributed by atoms with Gasteiger partial charge in [0.1, 0.15) is 5.82 Å². The number of halogens is 2. The maximum absolute atomic E-state index is 13.1. The molecule has 0 aliphatic rings. The third-order valence-electron chi connectivity index (χ3n) is 3.23. The van der Waals surface area contributed by atoms with E-state index in [1.165, 1.54) is 37.8 Å². The fourth-order valence-corrected chi connectivity index (χ4v) is 2.32. The lowest BCUT2D eigenvalue weighted by Crippen LogP contribution is -2.22. The number of rotatable bonds is 8. The highest BCUT2D eigenvalue weighted by molar-refractivity contribution is 6.30. The van der Waals surface area contributed by atoms with Crippen LogP contribution in [0.15, 0.2) is 18.2 Å². The standard InChI is InChI=1S/C15H23ClFN/c1-3-5-6-12(4-2)10-18-11-13-7-14(16)9-15(17)8-13/h7-9,12,18H,3-6,10-11H2,1-2H3. The molecule has 1 atom stereocenters. The van der Waals surface area contributed by atoms with Crippen molar-refractivity contribution >= 4 is 11.6 Å². The largest absolute Gasteiger partial charge is 0.312 e. The second-order valence-corrected chi connectivity index (χ2v) is 5.26. The van der Waals surface area contributed by atoms with Gasteiger partial charge in [-0.15, -0.1) is 0 Å². The van der Waals surface area contributed by atoms with Crippen LogP contribution in [-0.2, 0) is 6.54 Å². The van der Waals surface area contributed by atoms with Crippen LogP contribution in [0.2, 0.25) is 5.02 Å². The highest BCUT2D eigenvalue weighted by Crippen LogP contribution is 2.15. The van der Waals surface area contributed by atoms with Crippen LogP contribution in [0.3, 0.4) is 0 Å². The molecule has 1 nitrogen and oxygen atoms in total. The van der Waals surface area contributed by atoms with E-state index < -0.39 is 0 Å². The van der Waals surface area contributed by atoms with Crippen LogP contribution in [0.1, 0.15) is 45.1 Å². The van der Waals surface area contributed by atoms with E-state index in [2.05, 4.69) is 19.2 Å². The lowest BCUT2D eigenvalue weighted by molar-refractivity contribution is 0.419. The second-order valence-electron chi connectivity index (χ2n) is 4.83. The Balaban J connectivity index is 2.35. The molecule has 3 heteroatoms. The van der Waals surface area contributed by atoms with E-state index >= 15 is 0 Å². The van der Waals surface area contributed by atoms with E-state index in [0.29, 0.717) is 17.5 Å². The Hall–Kier alpha value is -0.600. The van der Waals surface area contributed by atoms with Crippen molar-refractivity contribution in [1.29, 1.82) is 0 Å². The summed E-state index contributed by atoms with van der Waals surface area (Å²) in [5.74, 6) is 0.450. The molecule has 18 heavy (non-hydrogen) atoms. The van der Waals surface area contributed by atoms with Gasteiger partial charge in [-0.25, -0.2) is 4.39 Å². The number of nitrogens with one attached hydrogen (secondary N) is 1. The van der Waals surface area contributed by atoms with E-state index in [1.807, 2.05) is 6.07 Å². The Morgan fingerprint density at radius 2 is 2.06 bits per heavy atom. The summed E-state index contributed by atoms with van der Waals surface area (Å²) in [6.45, 7) is 6.11. The predicted octanol–water partition coefficient (Wildman–Crippen LogP) is 4.79. The van der Waals surface area contributed by atoms with E-state index in [0.717, 1.165) is 12.1 Å². The van der Waals surface area contributed by atoms with Gasteiger partial charge in [0.2, 0.25) is 0 Å². The number of unbranched alkanes of at least 4 members (excludes halogenated alkanes) is 1. The van der Waals surface area contributed by atoms with Crippen molar-refractivity contribution in [2.24, 2.45) is 5.92 Å². The van der Waals surface area contributed by atoms with Gasteiger partial charge in [0.25, 0.3) is 0 Å². The average molecular weight is 272 g/mol. The summed E-state index contributed by atoms with van der Waals surface area (Å²) in [6, 6.07) is 4.68. The van der Waals surface area contributed by atoms with Gasteiger partial charge in [-0.05, 0) is 42.6 Å². The molecule has 1 N–H and O–H groups in total. The predicted molar refractivity (Wildman–Crippen MR) is 76.4 cm³/mol. The minimum absolute atomic E-state index is 0.266. The third kappa shape index (κ3) is 5.83. The van der Waals surface area contributed by atoms with Crippen LogP contribution in [0.5, 0.6) is 0 Å². The molecule has 0 fully saturated rings. The summed E-state index contributed by atoms with van der Waals surface area (Å²) >= 11 is 5.82. The summed E-state index contributed by atoms with van der Waals surface area (Å²) < 4.78 is 13.1. The van der Waals surface area contributed by atoms with Crippen LogP contribution < -0.4 is 5.32 Å². The molecule has 0 bridgehead atoms. The van der Waals surface area contributed by atoms with E-state index in [4.69, 9.17) is 11.6 Å². The lowest BCUT2D eigenvalue weighted by Gasteiger charge is -2.15. The molecule has 0 amide bonds. The van der Waals surface area contributed by atoms with Crippen molar-refractivity contribution < 1.29 is 4.39 Å². The second kappa shape index (κ2) is 8.49. The molecule has 1 rings (SSSR count). The first kappa shape index (κ1) is 15.5. The van der Waals surface area contributed by atoms with Gasteiger partial charge < -0.3 is 5.32 Å². The van der Waals surface area contributed by atoms with Gasteiger partial charge >= 0.3 is 0 Å². The zero-order valence-electron chi connectivity index (χ0n) is 11.3. The Morgan fingerprint density at radius 3 is 2.67 bits per heavy atom. The molecule has 102 valence electrons. The van der Waals surface area contributed by atoms with E-state index in [1.54, 1.807) is 0 Å². The quantitative estimate of drug-likeness (QED) is 0.717. The van der Waals surface area contributed by atoms with E-state index in [9.17, 15) is 4.39 Å². The summed E-state index contributed by atoms with van der Waals surface area (Å²) in [7, 11) is 0. The van der Waals surface area contributed by atoms with Crippen molar-refractivity contribution in [3.63, 3.8) is 0 Å². The first-order valence-corrected chi connectivity index (χ1v) is 7.19. The maximum Gasteiger partial charge on any atom is 0.125 e. The molecular weight excluding hydrogens is 249 g/mol. The lowest BCUT2D eigenvalue weighted by atomic mass is 9.99. The average Bonchev–Trinajstić information content (AvgIpc) is 2.32. The number of hydrogen-bond acceptors (Lipinski definition) is 1. The van der Waals surface area contributed by atoms with Crippen LogP contribution in [0, 0.1) is 11.7 Å². The highest BCUT2D eigenvalue weighted by atomic mass is 35.5. The molecule has 0 aliphatic heterocycles. The van der Waals surface area contributed by atoms with Crippen molar-refractivity contribution in [3.8, 4) is 0 Å². The molecule has 0 saturated heterocycles. The molecule has 0 spiro atoms. The maximum atomic E-state index is 13.1. The third-order valence-corrected chi connectivity index (χ3v) is 3.45. The molecule has 0 aliphatic carbocycles. The smallest absolute Gasteiger partial charge is 0.125 e. The summed E-state index contributed by atoms with van der Waals surface area (Å²) in [6.07, 6.45) is 4.99. The first-order chi connectivity index (χ1) is 8.65. The zero-order chi connectivity index (χ0) is 13.4. The molecular formula is C15H23ClFN. The number of hydrogen-bond donors (Lipinski definition) is 1. The molecule has 0 heterocycles. The zero-order valence-corrected chi connectivity index (χ0v) is 12.1. The molecule has 0 saturated carbocycles.